The second kappa shape index (κ2) is 3.96. The van der Waals surface area contributed by atoms with E-state index >= 15 is 0 Å². The smallest absolute Gasteiger partial charge is 0.151 e. The van der Waals surface area contributed by atoms with Crippen molar-refractivity contribution in [2.75, 3.05) is 5.73 Å². The molecule has 16 heavy (non-hydrogen) atoms. The van der Waals surface area contributed by atoms with Gasteiger partial charge in [0.1, 0.15) is 0 Å². The molecule has 0 aliphatic heterocycles. The summed E-state index contributed by atoms with van der Waals surface area (Å²) < 4.78 is 15.4. The number of nitrogen functional groups attached to an aromatic ring is 1. The third-order valence-electron chi connectivity index (χ3n) is 2.53. The third kappa shape index (κ3) is 1.91. The van der Waals surface area contributed by atoms with E-state index in [2.05, 4.69) is 5.10 Å². The molecule has 0 saturated carbocycles. The molecule has 2 aromatic rings. The van der Waals surface area contributed by atoms with Crippen molar-refractivity contribution < 1.29 is 4.39 Å². The Morgan fingerprint density at radius 2 is 2.12 bits per heavy atom. The fourth-order valence-corrected chi connectivity index (χ4v) is 1.72. The van der Waals surface area contributed by atoms with Crippen LogP contribution in [0.3, 0.4) is 0 Å². The van der Waals surface area contributed by atoms with Crippen LogP contribution in [0.4, 0.5) is 10.1 Å². The summed E-state index contributed by atoms with van der Waals surface area (Å²) in [7, 11) is 0. The van der Waals surface area contributed by atoms with Crippen LogP contribution in [0.2, 0.25) is 0 Å². The molecular weight excluding hydrogens is 205 g/mol. The lowest BCUT2D eigenvalue weighted by Gasteiger charge is -2.07. The summed E-state index contributed by atoms with van der Waals surface area (Å²) in [4.78, 5) is 0. The minimum absolute atomic E-state index is 0.180. The average molecular weight is 219 g/mol. The van der Waals surface area contributed by atoms with Crippen LogP contribution in [-0.4, -0.2) is 9.78 Å². The summed E-state index contributed by atoms with van der Waals surface area (Å²) in [6, 6.07) is 6.99. The second-order valence-corrected chi connectivity index (χ2v) is 3.91. The SMILES string of the molecule is Cc1cc(C)n(Cc2cccc(N)c2F)n1. The van der Waals surface area contributed by atoms with Gasteiger partial charge in [-0.05, 0) is 26.0 Å². The van der Waals surface area contributed by atoms with Crippen molar-refractivity contribution in [1.29, 1.82) is 0 Å². The molecule has 0 bridgehead atoms. The first-order valence-corrected chi connectivity index (χ1v) is 5.12. The minimum atomic E-state index is -0.352. The molecule has 84 valence electrons. The second-order valence-electron chi connectivity index (χ2n) is 3.91. The Balaban J connectivity index is 2.34. The van der Waals surface area contributed by atoms with Gasteiger partial charge in [-0.3, -0.25) is 4.68 Å². The molecule has 0 radical (unpaired) electrons. The van der Waals surface area contributed by atoms with Crippen LogP contribution in [0.25, 0.3) is 0 Å². The molecule has 2 N–H and O–H groups in total. The van der Waals surface area contributed by atoms with Crippen molar-refractivity contribution in [3.05, 3.63) is 47.0 Å². The molecule has 2 rings (SSSR count). The Morgan fingerprint density at radius 3 is 2.75 bits per heavy atom. The average Bonchev–Trinajstić information content (AvgIpc) is 2.53. The lowest BCUT2D eigenvalue weighted by molar-refractivity contribution is 0.582. The van der Waals surface area contributed by atoms with Gasteiger partial charge in [0.05, 0.1) is 17.9 Å². The molecule has 3 nitrogen and oxygen atoms in total. The first-order valence-electron chi connectivity index (χ1n) is 5.12. The first-order chi connectivity index (χ1) is 7.58. The Morgan fingerprint density at radius 1 is 1.38 bits per heavy atom. The quantitative estimate of drug-likeness (QED) is 0.787. The van der Waals surface area contributed by atoms with E-state index in [9.17, 15) is 4.39 Å². The van der Waals surface area contributed by atoms with Gasteiger partial charge < -0.3 is 5.73 Å². The van der Waals surface area contributed by atoms with Gasteiger partial charge in [0.2, 0.25) is 0 Å². The van der Waals surface area contributed by atoms with Crippen LogP contribution in [-0.2, 0) is 6.54 Å². The van der Waals surface area contributed by atoms with E-state index in [4.69, 9.17) is 5.73 Å². The molecular formula is C12H14FN3. The van der Waals surface area contributed by atoms with Crippen molar-refractivity contribution in [2.24, 2.45) is 0 Å². The van der Waals surface area contributed by atoms with Crippen molar-refractivity contribution in [3.8, 4) is 0 Å². The van der Waals surface area contributed by atoms with Gasteiger partial charge in [-0.1, -0.05) is 12.1 Å². The number of rotatable bonds is 2. The third-order valence-corrected chi connectivity index (χ3v) is 2.53. The van der Waals surface area contributed by atoms with E-state index in [0.717, 1.165) is 11.4 Å². The van der Waals surface area contributed by atoms with Gasteiger partial charge in [-0.2, -0.15) is 5.10 Å². The van der Waals surface area contributed by atoms with Gasteiger partial charge in [-0.15, -0.1) is 0 Å². The molecule has 0 aliphatic carbocycles. The fourth-order valence-electron chi connectivity index (χ4n) is 1.72. The molecule has 4 heteroatoms. The molecule has 1 aromatic heterocycles. The molecule has 0 amide bonds. The maximum absolute atomic E-state index is 13.7. The molecule has 1 heterocycles. The van der Waals surface area contributed by atoms with E-state index in [1.807, 2.05) is 19.9 Å². The highest BCUT2D eigenvalue weighted by molar-refractivity contribution is 5.42. The number of nitrogens with zero attached hydrogens (tertiary/aromatic N) is 2. The summed E-state index contributed by atoms with van der Waals surface area (Å²) in [5.74, 6) is -0.352. The summed E-state index contributed by atoms with van der Waals surface area (Å²) in [6.07, 6.45) is 0. The molecule has 0 unspecified atom stereocenters. The maximum atomic E-state index is 13.7. The molecule has 0 fully saturated rings. The number of halogens is 1. The number of hydrogen-bond acceptors (Lipinski definition) is 2. The van der Waals surface area contributed by atoms with E-state index < -0.39 is 0 Å². The van der Waals surface area contributed by atoms with Gasteiger partial charge in [0, 0.05) is 11.3 Å². The van der Waals surface area contributed by atoms with Gasteiger partial charge in [0.15, 0.2) is 5.82 Å². The van der Waals surface area contributed by atoms with E-state index in [1.54, 1.807) is 22.9 Å². The summed E-state index contributed by atoms with van der Waals surface area (Å²) in [6.45, 7) is 4.28. The molecule has 1 aromatic carbocycles. The highest BCUT2D eigenvalue weighted by Gasteiger charge is 2.08. The Hall–Kier alpha value is -1.84. The van der Waals surface area contributed by atoms with Crippen LogP contribution < -0.4 is 5.73 Å². The van der Waals surface area contributed by atoms with Crippen LogP contribution >= 0.6 is 0 Å². The summed E-state index contributed by atoms with van der Waals surface area (Å²) in [5.41, 5.74) is 8.20. The van der Waals surface area contributed by atoms with Crippen molar-refractivity contribution in [1.82, 2.24) is 9.78 Å². The van der Waals surface area contributed by atoms with Crippen LogP contribution in [0, 0.1) is 19.7 Å². The standard InChI is InChI=1S/C12H14FN3/c1-8-6-9(2)16(15-8)7-10-4-3-5-11(14)12(10)13/h3-6H,7,14H2,1-2H3. The number of hydrogen-bond donors (Lipinski definition) is 1. The number of nitrogens with two attached hydrogens (primary N) is 1. The predicted octanol–water partition coefficient (Wildman–Crippen LogP) is 2.27. The first kappa shape index (κ1) is 10.7. The van der Waals surface area contributed by atoms with Crippen molar-refractivity contribution in [2.45, 2.75) is 20.4 Å². The Labute approximate surface area is 93.7 Å². The highest BCUT2D eigenvalue weighted by Crippen LogP contribution is 2.16. The van der Waals surface area contributed by atoms with Crippen LogP contribution in [0.15, 0.2) is 24.3 Å². The maximum Gasteiger partial charge on any atom is 0.151 e. The normalized spacial score (nSPS) is 10.7. The van der Waals surface area contributed by atoms with Gasteiger partial charge in [0.25, 0.3) is 0 Å². The highest BCUT2D eigenvalue weighted by atomic mass is 19.1. The number of aromatic nitrogens is 2. The molecule has 0 spiro atoms. The monoisotopic (exact) mass is 219 g/mol. The van der Waals surface area contributed by atoms with Crippen molar-refractivity contribution >= 4 is 5.69 Å². The van der Waals surface area contributed by atoms with E-state index in [1.165, 1.54) is 0 Å². The zero-order valence-electron chi connectivity index (χ0n) is 9.37. The molecule has 0 aliphatic rings. The number of anilines is 1. The summed E-state index contributed by atoms with van der Waals surface area (Å²) in [5, 5.41) is 4.29. The largest absolute Gasteiger partial charge is 0.396 e. The molecule has 0 saturated heterocycles. The van der Waals surface area contributed by atoms with E-state index in [-0.39, 0.29) is 11.5 Å². The topological polar surface area (TPSA) is 43.8 Å². The van der Waals surface area contributed by atoms with Crippen LogP contribution in [0.1, 0.15) is 17.0 Å². The Kier molecular flexibility index (Phi) is 2.64. The number of aryl methyl sites for hydroxylation is 2. The van der Waals surface area contributed by atoms with Gasteiger partial charge >= 0.3 is 0 Å². The number of benzene rings is 1. The molecule has 0 atom stereocenters. The lowest BCUT2D eigenvalue weighted by Crippen LogP contribution is -2.07. The Bertz CT molecular complexity index is 517. The fraction of sp³-hybridized carbons (Fsp3) is 0.250. The van der Waals surface area contributed by atoms with Gasteiger partial charge in [-0.25, -0.2) is 4.39 Å². The minimum Gasteiger partial charge on any atom is -0.396 e. The van der Waals surface area contributed by atoms with E-state index in [0.29, 0.717) is 12.1 Å². The lowest BCUT2D eigenvalue weighted by atomic mass is 10.2. The van der Waals surface area contributed by atoms with Crippen molar-refractivity contribution in [3.63, 3.8) is 0 Å². The van der Waals surface area contributed by atoms with Crippen LogP contribution in [0.5, 0.6) is 0 Å². The summed E-state index contributed by atoms with van der Waals surface area (Å²) >= 11 is 0. The zero-order valence-corrected chi connectivity index (χ0v) is 9.37. The predicted molar refractivity (Wildman–Crippen MR) is 61.6 cm³/mol. The zero-order chi connectivity index (χ0) is 11.7.